The first-order valence-electron chi connectivity index (χ1n) is 21.1. The third-order valence-electron chi connectivity index (χ3n) is 11.9. The molecule has 7 rings (SSSR count). The third-order valence-corrected chi connectivity index (χ3v) is 11.9. The highest BCUT2D eigenvalue weighted by Gasteiger charge is 2.75. The van der Waals surface area contributed by atoms with Gasteiger partial charge in [-0.3, -0.25) is 19.3 Å². The molecule has 0 saturated carbocycles. The van der Waals surface area contributed by atoms with Crippen molar-refractivity contribution in [1.82, 2.24) is 20.9 Å². The van der Waals surface area contributed by atoms with Gasteiger partial charge in [0.05, 0.1) is 44.0 Å². The largest absolute Gasteiger partial charge is 0.491 e. The minimum absolute atomic E-state index is 0.0457. The molecule has 1 spiro atoms. The quantitative estimate of drug-likeness (QED) is 0.0736. The maximum atomic E-state index is 16.3. The van der Waals surface area contributed by atoms with Gasteiger partial charge in [-0.05, 0) is 58.5 Å². The van der Waals surface area contributed by atoms with Gasteiger partial charge in [0.25, 0.3) is 0 Å². The van der Waals surface area contributed by atoms with Crippen LogP contribution < -0.4 is 31.3 Å². The molecule has 6 N–H and O–H groups in total. The number of methoxy groups -OCH3 is 1. The summed E-state index contributed by atoms with van der Waals surface area (Å²) in [7, 11) is 1.19. The Hall–Kier alpha value is -7.48. The number of nitrogens with two attached hydrogens (primary N) is 1. The zero-order valence-electron chi connectivity index (χ0n) is 36.1. The molecule has 7 atom stereocenters. The predicted octanol–water partition coefficient (Wildman–Crippen LogP) is 3.95. The topological polar surface area (TPSA) is 219 Å². The Morgan fingerprint density at radius 1 is 0.923 bits per heavy atom. The molecular formula is C49H50N6O10. The Balaban J connectivity index is 1.58. The van der Waals surface area contributed by atoms with Gasteiger partial charge in [-0.2, -0.15) is 0 Å². The van der Waals surface area contributed by atoms with E-state index in [-0.39, 0.29) is 37.6 Å². The molecule has 65 heavy (non-hydrogen) atoms. The number of nitrogens with one attached hydrogen (secondary N) is 3. The van der Waals surface area contributed by atoms with Gasteiger partial charge in [0.2, 0.25) is 11.8 Å². The van der Waals surface area contributed by atoms with Crippen LogP contribution in [-0.2, 0) is 34.1 Å². The standard InChI is InChI=1S/C49H50N6O10/c1-5-23-51-43(57)37-40-45(59)65-41(32-17-10-7-11-18-32)39(31-15-8-6-9-16-31)55(40)42(33-19-12-20-34(28-33)64-26-25-56)49(37)35-27-30(14-13-24-52-47(50)61)21-22-36(35)54(46(49)60)48(62)53-38(29(2)3)44(58)63-4/h5-12,15-22,27-29,37-42,56H,1,23-26H2,2-4H3,(H,51,57)(H,53,62)(H3,50,52,61)/t37-,38+,39-,40-,41+,42+,49-/m1/s1. The molecule has 4 aromatic rings. The molecule has 3 aliphatic heterocycles. The lowest BCUT2D eigenvalue weighted by Crippen LogP contribution is -2.57. The summed E-state index contributed by atoms with van der Waals surface area (Å²) in [5.41, 5.74) is 5.46. The number of carbonyl (C=O) groups excluding carboxylic acids is 6. The number of morpholine rings is 1. The highest BCUT2D eigenvalue weighted by atomic mass is 16.6. The lowest BCUT2D eigenvalue weighted by Gasteiger charge is -2.46. The van der Waals surface area contributed by atoms with Crippen molar-refractivity contribution in [3.8, 4) is 17.6 Å². The van der Waals surface area contributed by atoms with Crippen molar-refractivity contribution in [2.24, 2.45) is 17.6 Å². The molecule has 6 amide bonds. The van der Waals surface area contributed by atoms with E-state index < -0.39 is 83.3 Å². The van der Waals surface area contributed by atoms with Crippen molar-refractivity contribution >= 4 is 41.5 Å². The summed E-state index contributed by atoms with van der Waals surface area (Å²) in [6.45, 7) is 6.67. The first-order valence-corrected chi connectivity index (χ1v) is 21.1. The third kappa shape index (κ3) is 8.51. The van der Waals surface area contributed by atoms with E-state index >= 15 is 14.4 Å². The van der Waals surface area contributed by atoms with Crippen LogP contribution in [0.2, 0.25) is 0 Å². The van der Waals surface area contributed by atoms with Gasteiger partial charge in [-0.15, -0.1) is 6.58 Å². The number of anilines is 1. The minimum atomic E-state index is -2.14. The van der Waals surface area contributed by atoms with Crippen molar-refractivity contribution < 1.29 is 48.1 Å². The number of aliphatic hydroxyl groups is 1. The van der Waals surface area contributed by atoms with Crippen molar-refractivity contribution in [2.45, 2.75) is 49.5 Å². The summed E-state index contributed by atoms with van der Waals surface area (Å²) in [6, 6.07) is 23.4. The van der Waals surface area contributed by atoms with Crippen LogP contribution in [0.15, 0.2) is 116 Å². The first kappa shape index (κ1) is 45.5. The van der Waals surface area contributed by atoms with Gasteiger partial charge < -0.3 is 41.0 Å². The Labute approximate surface area is 376 Å². The molecule has 0 unspecified atom stereocenters. The zero-order chi connectivity index (χ0) is 46.4. The summed E-state index contributed by atoms with van der Waals surface area (Å²) in [4.78, 5) is 89.0. The molecule has 0 aromatic heterocycles. The number of nitrogens with zero attached hydrogens (tertiary/aromatic N) is 2. The highest BCUT2D eigenvalue weighted by molar-refractivity contribution is 6.25. The number of imide groups is 1. The summed E-state index contributed by atoms with van der Waals surface area (Å²) in [6.07, 6.45) is 0.494. The Kier molecular flexibility index (Phi) is 13.7. The number of esters is 2. The average Bonchev–Trinajstić information content (AvgIpc) is 3.77. The van der Waals surface area contributed by atoms with Gasteiger partial charge in [0.1, 0.15) is 36.0 Å². The van der Waals surface area contributed by atoms with Crippen LogP contribution in [0.1, 0.15) is 59.9 Å². The van der Waals surface area contributed by atoms with Crippen molar-refractivity contribution in [3.05, 3.63) is 144 Å². The van der Waals surface area contributed by atoms with Crippen LogP contribution in [0.4, 0.5) is 15.3 Å². The van der Waals surface area contributed by atoms with E-state index in [1.54, 1.807) is 50.2 Å². The molecule has 0 radical (unpaired) electrons. The fourth-order valence-electron chi connectivity index (χ4n) is 9.31. The minimum Gasteiger partial charge on any atom is -0.491 e. The van der Waals surface area contributed by atoms with Crippen LogP contribution in [0.5, 0.6) is 5.75 Å². The van der Waals surface area contributed by atoms with Crippen LogP contribution in [0, 0.1) is 23.7 Å². The SMILES string of the molecule is C=CCNC(=O)[C@H]1[C@@H]2C(=O)O[C@@H](c3ccccc3)[C@@H](c3ccccc3)N2[C@@H](c2cccc(OCCO)c2)[C@]12C(=O)N(C(=O)N[C@H](C(=O)OC)C(C)C)c1ccc(C#CCNC(N)=O)cc12. The van der Waals surface area contributed by atoms with E-state index in [0.717, 1.165) is 4.90 Å². The number of rotatable bonds is 13. The number of cyclic esters (lactones) is 1. The monoisotopic (exact) mass is 882 g/mol. The van der Waals surface area contributed by atoms with E-state index in [2.05, 4.69) is 34.4 Å². The second-order valence-electron chi connectivity index (χ2n) is 16.0. The second kappa shape index (κ2) is 19.5. The average molecular weight is 883 g/mol. The molecule has 0 aliphatic carbocycles. The number of urea groups is 2. The van der Waals surface area contributed by atoms with Gasteiger partial charge in [-0.25, -0.2) is 19.3 Å². The Bertz CT molecular complexity index is 2540. The summed E-state index contributed by atoms with van der Waals surface area (Å²) >= 11 is 0. The molecule has 2 fully saturated rings. The molecule has 2 saturated heterocycles. The predicted molar refractivity (Wildman–Crippen MR) is 238 cm³/mol. The normalized spacial score (nSPS) is 22.4. The smallest absolute Gasteiger partial charge is 0.329 e. The molecule has 16 nitrogen and oxygen atoms in total. The maximum absolute atomic E-state index is 16.3. The number of ether oxygens (including phenoxy) is 3. The molecule has 3 aliphatic rings. The molecule has 4 aromatic carbocycles. The number of hydrogen-bond acceptors (Lipinski definition) is 11. The number of aliphatic hydroxyl groups excluding tert-OH is 1. The number of carbonyl (C=O) groups is 6. The second-order valence-corrected chi connectivity index (χ2v) is 16.0. The van der Waals surface area contributed by atoms with Gasteiger partial charge in [0, 0.05) is 12.1 Å². The maximum Gasteiger partial charge on any atom is 0.329 e. The van der Waals surface area contributed by atoms with Gasteiger partial charge in [-0.1, -0.05) is 105 Å². The number of hydrogen-bond donors (Lipinski definition) is 5. The number of primary amides is 1. The summed E-state index contributed by atoms with van der Waals surface area (Å²) in [5, 5.41) is 17.7. The lowest BCUT2D eigenvalue weighted by molar-refractivity contribution is -0.178. The van der Waals surface area contributed by atoms with Crippen LogP contribution in [-0.4, -0.2) is 91.3 Å². The van der Waals surface area contributed by atoms with Gasteiger partial charge in [0.15, 0.2) is 0 Å². The van der Waals surface area contributed by atoms with Crippen molar-refractivity contribution in [2.75, 3.05) is 38.3 Å². The Morgan fingerprint density at radius 2 is 1.62 bits per heavy atom. The summed E-state index contributed by atoms with van der Waals surface area (Å²) in [5.74, 6) is 0.935. The van der Waals surface area contributed by atoms with E-state index in [1.165, 1.54) is 19.3 Å². The van der Waals surface area contributed by atoms with Crippen molar-refractivity contribution in [3.63, 3.8) is 0 Å². The van der Waals surface area contributed by atoms with E-state index in [9.17, 15) is 19.5 Å². The molecule has 336 valence electrons. The van der Waals surface area contributed by atoms with E-state index in [1.807, 2.05) is 65.6 Å². The Morgan fingerprint density at radius 3 is 2.26 bits per heavy atom. The van der Waals surface area contributed by atoms with Crippen LogP contribution >= 0.6 is 0 Å². The zero-order valence-corrected chi connectivity index (χ0v) is 36.1. The molecular weight excluding hydrogens is 833 g/mol. The fourth-order valence-corrected chi connectivity index (χ4v) is 9.31. The number of benzene rings is 4. The van der Waals surface area contributed by atoms with Gasteiger partial charge >= 0.3 is 24.0 Å². The first-order chi connectivity index (χ1) is 31.4. The van der Waals surface area contributed by atoms with Crippen molar-refractivity contribution in [1.29, 1.82) is 0 Å². The van der Waals surface area contributed by atoms with E-state index in [4.69, 9.17) is 19.9 Å². The molecule has 0 bridgehead atoms. The van der Waals surface area contributed by atoms with Crippen LogP contribution in [0.25, 0.3) is 0 Å². The highest BCUT2D eigenvalue weighted by Crippen LogP contribution is 2.66. The molecule has 3 heterocycles. The van der Waals surface area contributed by atoms with E-state index in [0.29, 0.717) is 28.0 Å². The molecule has 16 heteroatoms. The van der Waals surface area contributed by atoms with Crippen LogP contribution in [0.3, 0.4) is 0 Å². The number of fused-ring (bicyclic) bond motifs is 3. The summed E-state index contributed by atoms with van der Waals surface area (Å²) < 4.78 is 17.4. The number of amides is 6. The lowest BCUT2D eigenvalue weighted by atomic mass is 9.65. The fraction of sp³-hybridized carbons (Fsp3) is 0.306.